The SMILES string of the molecule is CC(N=C(N)N=C(N)N)c1ccncc1. The summed E-state index contributed by atoms with van der Waals surface area (Å²) < 4.78 is 0. The Labute approximate surface area is 87.9 Å². The highest BCUT2D eigenvalue weighted by atomic mass is 15.1. The molecule has 0 aromatic carbocycles. The molecule has 0 saturated heterocycles. The van der Waals surface area contributed by atoms with Gasteiger partial charge in [0.15, 0.2) is 5.96 Å². The van der Waals surface area contributed by atoms with Crippen molar-refractivity contribution >= 4 is 11.9 Å². The van der Waals surface area contributed by atoms with Crippen LogP contribution in [0.5, 0.6) is 0 Å². The Balaban J connectivity index is 2.79. The first-order chi connectivity index (χ1) is 7.09. The van der Waals surface area contributed by atoms with Crippen LogP contribution >= 0.6 is 0 Å². The third-order valence-corrected chi connectivity index (χ3v) is 1.76. The molecule has 0 aliphatic carbocycles. The zero-order valence-corrected chi connectivity index (χ0v) is 8.46. The van der Waals surface area contributed by atoms with Gasteiger partial charge in [-0.15, -0.1) is 0 Å². The molecule has 1 rings (SSSR count). The van der Waals surface area contributed by atoms with Crippen molar-refractivity contribution in [3.05, 3.63) is 30.1 Å². The zero-order chi connectivity index (χ0) is 11.3. The number of guanidine groups is 2. The monoisotopic (exact) mass is 206 g/mol. The van der Waals surface area contributed by atoms with Gasteiger partial charge in [-0.25, -0.2) is 4.99 Å². The second-order valence-corrected chi connectivity index (χ2v) is 2.98. The predicted molar refractivity (Wildman–Crippen MR) is 60.1 cm³/mol. The summed E-state index contributed by atoms with van der Waals surface area (Å²) in [6, 6.07) is 3.62. The molecular weight excluding hydrogens is 192 g/mol. The first kappa shape index (κ1) is 11.0. The molecule has 1 aromatic rings. The van der Waals surface area contributed by atoms with Crippen LogP contribution in [0.1, 0.15) is 18.5 Å². The average Bonchev–Trinajstić information content (AvgIpc) is 2.17. The molecule has 0 aliphatic rings. The van der Waals surface area contributed by atoms with Crippen molar-refractivity contribution in [3.63, 3.8) is 0 Å². The van der Waals surface area contributed by atoms with Crippen LogP contribution in [0.4, 0.5) is 0 Å². The molecule has 0 spiro atoms. The van der Waals surface area contributed by atoms with Gasteiger partial charge in [-0.3, -0.25) is 4.98 Å². The summed E-state index contributed by atoms with van der Waals surface area (Å²) in [7, 11) is 0. The van der Waals surface area contributed by atoms with E-state index in [2.05, 4.69) is 15.0 Å². The van der Waals surface area contributed by atoms with Crippen molar-refractivity contribution in [2.24, 2.45) is 27.2 Å². The van der Waals surface area contributed by atoms with Crippen LogP contribution in [-0.2, 0) is 0 Å². The van der Waals surface area contributed by atoms with E-state index >= 15 is 0 Å². The lowest BCUT2D eigenvalue weighted by molar-refractivity contribution is 0.813. The number of aliphatic imine (C=N–C) groups is 2. The maximum absolute atomic E-state index is 5.50. The minimum atomic E-state index is -0.101. The number of pyridine rings is 1. The van der Waals surface area contributed by atoms with E-state index in [-0.39, 0.29) is 18.0 Å². The van der Waals surface area contributed by atoms with E-state index in [1.165, 1.54) is 0 Å². The van der Waals surface area contributed by atoms with Crippen molar-refractivity contribution < 1.29 is 0 Å². The highest BCUT2D eigenvalue weighted by Gasteiger charge is 2.02. The van der Waals surface area contributed by atoms with E-state index in [1.807, 2.05) is 19.1 Å². The van der Waals surface area contributed by atoms with Gasteiger partial charge in [-0.2, -0.15) is 4.99 Å². The lowest BCUT2D eigenvalue weighted by Gasteiger charge is -2.05. The summed E-state index contributed by atoms with van der Waals surface area (Å²) in [5, 5.41) is 0. The summed E-state index contributed by atoms with van der Waals surface area (Å²) >= 11 is 0. The zero-order valence-electron chi connectivity index (χ0n) is 8.46. The molecule has 1 unspecified atom stereocenters. The van der Waals surface area contributed by atoms with Gasteiger partial charge < -0.3 is 17.2 Å². The standard InChI is InChI=1S/C9H14N6/c1-6(7-2-4-13-5-3-7)14-9(12)15-8(10)11/h2-6H,1H3,(H6,10,11,12,14,15). The molecule has 0 saturated carbocycles. The fourth-order valence-electron chi connectivity index (χ4n) is 1.08. The number of nitrogens with zero attached hydrogens (tertiary/aromatic N) is 3. The van der Waals surface area contributed by atoms with Gasteiger partial charge >= 0.3 is 0 Å². The summed E-state index contributed by atoms with van der Waals surface area (Å²) in [5.74, 6) is -0.0301. The van der Waals surface area contributed by atoms with E-state index in [4.69, 9.17) is 17.2 Å². The number of hydrogen-bond acceptors (Lipinski definition) is 2. The van der Waals surface area contributed by atoms with Crippen molar-refractivity contribution in [1.82, 2.24) is 4.98 Å². The van der Waals surface area contributed by atoms with Gasteiger partial charge in [-0.05, 0) is 24.6 Å². The molecule has 1 atom stereocenters. The lowest BCUT2D eigenvalue weighted by atomic mass is 10.1. The number of nitrogens with two attached hydrogens (primary N) is 3. The predicted octanol–water partition coefficient (Wildman–Crippen LogP) is -0.269. The number of aromatic nitrogens is 1. The Morgan fingerprint density at radius 2 is 1.87 bits per heavy atom. The fourth-order valence-corrected chi connectivity index (χ4v) is 1.08. The van der Waals surface area contributed by atoms with Gasteiger partial charge in [0.2, 0.25) is 5.96 Å². The Bertz CT molecular complexity index is 365. The average molecular weight is 206 g/mol. The van der Waals surface area contributed by atoms with Crippen LogP contribution in [0.25, 0.3) is 0 Å². The maximum atomic E-state index is 5.50. The third-order valence-electron chi connectivity index (χ3n) is 1.76. The van der Waals surface area contributed by atoms with Crippen LogP contribution in [0, 0.1) is 0 Å². The quantitative estimate of drug-likeness (QED) is 0.456. The van der Waals surface area contributed by atoms with Crippen LogP contribution in [0.15, 0.2) is 34.5 Å². The molecule has 0 bridgehead atoms. The van der Waals surface area contributed by atoms with Crippen LogP contribution in [-0.4, -0.2) is 16.9 Å². The highest BCUT2D eigenvalue weighted by molar-refractivity contribution is 5.92. The highest BCUT2D eigenvalue weighted by Crippen LogP contribution is 2.14. The minimum Gasteiger partial charge on any atom is -0.370 e. The molecule has 15 heavy (non-hydrogen) atoms. The molecule has 0 radical (unpaired) electrons. The van der Waals surface area contributed by atoms with E-state index in [9.17, 15) is 0 Å². The van der Waals surface area contributed by atoms with E-state index in [1.54, 1.807) is 12.4 Å². The second-order valence-electron chi connectivity index (χ2n) is 2.98. The Morgan fingerprint density at radius 3 is 2.40 bits per heavy atom. The summed E-state index contributed by atoms with van der Waals surface area (Å²) in [6.45, 7) is 1.89. The first-order valence-electron chi connectivity index (χ1n) is 4.42. The van der Waals surface area contributed by atoms with Crippen molar-refractivity contribution in [2.75, 3.05) is 0 Å². The molecule has 6 nitrogen and oxygen atoms in total. The van der Waals surface area contributed by atoms with Crippen molar-refractivity contribution in [3.8, 4) is 0 Å². The fraction of sp³-hybridized carbons (Fsp3) is 0.222. The minimum absolute atomic E-state index is 0.0688. The topological polar surface area (TPSA) is 116 Å². The van der Waals surface area contributed by atoms with Gasteiger partial charge in [0.05, 0.1) is 6.04 Å². The van der Waals surface area contributed by atoms with Gasteiger partial charge in [0.25, 0.3) is 0 Å². The summed E-state index contributed by atoms with van der Waals surface area (Å²) in [4.78, 5) is 11.6. The van der Waals surface area contributed by atoms with Crippen LogP contribution in [0.3, 0.4) is 0 Å². The molecule has 1 aromatic heterocycles. The molecule has 80 valence electrons. The molecule has 6 heteroatoms. The first-order valence-corrected chi connectivity index (χ1v) is 4.42. The summed E-state index contributed by atoms with van der Waals surface area (Å²) in [5.41, 5.74) is 16.8. The second kappa shape index (κ2) is 4.94. The van der Waals surface area contributed by atoms with Gasteiger partial charge in [-0.1, -0.05) is 0 Å². The molecule has 6 N–H and O–H groups in total. The number of rotatable bonds is 2. The van der Waals surface area contributed by atoms with Crippen LogP contribution < -0.4 is 17.2 Å². The van der Waals surface area contributed by atoms with E-state index in [0.29, 0.717) is 0 Å². The molecule has 0 fully saturated rings. The Kier molecular flexibility index (Phi) is 3.61. The smallest absolute Gasteiger partial charge is 0.219 e. The largest absolute Gasteiger partial charge is 0.370 e. The van der Waals surface area contributed by atoms with Crippen molar-refractivity contribution in [2.45, 2.75) is 13.0 Å². The Hall–Kier alpha value is -2.11. The number of hydrogen-bond donors (Lipinski definition) is 3. The third kappa shape index (κ3) is 3.63. The Morgan fingerprint density at radius 1 is 1.27 bits per heavy atom. The molecule has 1 heterocycles. The van der Waals surface area contributed by atoms with Crippen molar-refractivity contribution in [1.29, 1.82) is 0 Å². The molecule has 0 amide bonds. The van der Waals surface area contributed by atoms with Crippen LogP contribution in [0.2, 0.25) is 0 Å². The van der Waals surface area contributed by atoms with Gasteiger partial charge in [0.1, 0.15) is 0 Å². The normalized spacial score (nSPS) is 13.3. The summed E-state index contributed by atoms with van der Waals surface area (Å²) in [6.07, 6.45) is 3.39. The van der Waals surface area contributed by atoms with E-state index in [0.717, 1.165) is 5.56 Å². The molecule has 0 aliphatic heterocycles. The van der Waals surface area contributed by atoms with Gasteiger partial charge in [0, 0.05) is 12.4 Å². The van der Waals surface area contributed by atoms with E-state index < -0.39 is 0 Å². The lowest BCUT2D eigenvalue weighted by Crippen LogP contribution is -2.26. The maximum Gasteiger partial charge on any atom is 0.219 e. The molecular formula is C9H14N6.